The highest BCUT2D eigenvalue weighted by molar-refractivity contribution is 6.31. The predicted octanol–water partition coefficient (Wildman–Crippen LogP) is 3.87. The summed E-state index contributed by atoms with van der Waals surface area (Å²) in [5, 5.41) is 14.1. The summed E-state index contributed by atoms with van der Waals surface area (Å²) in [6.07, 6.45) is 5.60. The summed E-state index contributed by atoms with van der Waals surface area (Å²) in [7, 11) is 0. The SMILES string of the molecule is C=C[C@@H](CCNC(=N)N)NCc1ccc(-n2cc3cc(-c4cc([C@H]5CC[C@@H](CN)O5)cc(Cl)c4F)[nH]c3nc2=O)cc1. The molecular formula is C30H34ClFN8O2. The van der Waals surface area contributed by atoms with Crippen LogP contribution in [0.3, 0.4) is 0 Å². The number of rotatable bonds is 11. The lowest BCUT2D eigenvalue weighted by molar-refractivity contribution is 0.0498. The molecule has 12 heteroatoms. The molecular weight excluding hydrogens is 559 g/mol. The lowest BCUT2D eigenvalue weighted by Crippen LogP contribution is -2.35. The minimum atomic E-state index is -0.562. The van der Waals surface area contributed by atoms with Gasteiger partial charge in [0.1, 0.15) is 5.65 Å². The van der Waals surface area contributed by atoms with E-state index in [0.29, 0.717) is 42.0 Å². The van der Waals surface area contributed by atoms with Crippen molar-refractivity contribution in [2.45, 2.75) is 44.1 Å². The van der Waals surface area contributed by atoms with Gasteiger partial charge in [0.2, 0.25) is 0 Å². The van der Waals surface area contributed by atoms with Crippen molar-refractivity contribution in [3.8, 4) is 16.9 Å². The van der Waals surface area contributed by atoms with Gasteiger partial charge >= 0.3 is 5.69 Å². The molecule has 4 aromatic rings. The Balaban J connectivity index is 1.35. The van der Waals surface area contributed by atoms with Gasteiger partial charge in [-0.15, -0.1) is 6.58 Å². The van der Waals surface area contributed by atoms with Gasteiger partial charge in [0.15, 0.2) is 11.8 Å². The van der Waals surface area contributed by atoms with Crippen LogP contribution >= 0.6 is 11.6 Å². The summed E-state index contributed by atoms with van der Waals surface area (Å²) < 4.78 is 22.6. The first-order valence-corrected chi connectivity index (χ1v) is 14.1. The minimum absolute atomic E-state index is 0.00444. The third kappa shape index (κ3) is 6.55. The van der Waals surface area contributed by atoms with Gasteiger partial charge in [0.05, 0.1) is 28.6 Å². The molecule has 3 atom stereocenters. The second-order valence-electron chi connectivity index (χ2n) is 10.3. The molecule has 1 fully saturated rings. The molecule has 1 saturated heterocycles. The van der Waals surface area contributed by atoms with Crippen molar-refractivity contribution < 1.29 is 9.13 Å². The molecule has 0 unspecified atom stereocenters. The fraction of sp³-hybridized carbons (Fsp3) is 0.300. The molecule has 0 spiro atoms. The molecule has 2 aromatic heterocycles. The van der Waals surface area contributed by atoms with Gasteiger partial charge in [-0.05, 0) is 60.7 Å². The second-order valence-corrected chi connectivity index (χ2v) is 10.7. The number of nitrogens with one attached hydrogen (secondary N) is 4. The first kappa shape index (κ1) is 29.5. The number of hydrogen-bond acceptors (Lipinski definition) is 6. The third-order valence-corrected chi connectivity index (χ3v) is 7.70. The number of hydrogen-bond donors (Lipinski definition) is 6. The fourth-order valence-corrected chi connectivity index (χ4v) is 5.36. The maximum absolute atomic E-state index is 15.2. The molecule has 0 aliphatic carbocycles. The smallest absolute Gasteiger partial charge is 0.354 e. The number of halogens is 2. The molecule has 1 aliphatic rings. The zero-order valence-electron chi connectivity index (χ0n) is 23.0. The monoisotopic (exact) mass is 592 g/mol. The lowest BCUT2D eigenvalue weighted by atomic mass is 10.0. The van der Waals surface area contributed by atoms with Gasteiger partial charge in [-0.1, -0.05) is 29.8 Å². The Labute approximate surface area is 247 Å². The summed E-state index contributed by atoms with van der Waals surface area (Å²) >= 11 is 6.28. The molecule has 10 nitrogen and oxygen atoms in total. The average molecular weight is 593 g/mol. The van der Waals surface area contributed by atoms with Crippen molar-refractivity contribution in [1.82, 2.24) is 25.2 Å². The van der Waals surface area contributed by atoms with E-state index in [1.54, 1.807) is 24.4 Å². The topological polar surface area (TPSA) is 160 Å². The summed E-state index contributed by atoms with van der Waals surface area (Å²) in [5.41, 5.74) is 14.1. The minimum Gasteiger partial charge on any atom is -0.370 e. The number of aromatic amines is 1. The maximum Gasteiger partial charge on any atom is 0.354 e. The number of guanidine groups is 1. The zero-order chi connectivity index (χ0) is 29.8. The van der Waals surface area contributed by atoms with E-state index in [0.717, 1.165) is 30.4 Å². The Morgan fingerprint density at radius 3 is 2.79 bits per heavy atom. The van der Waals surface area contributed by atoms with Crippen LogP contribution in [0.1, 0.15) is 36.5 Å². The van der Waals surface area contributed by atoms with Gasteiger partial charge in [-0.3, -0.25) is 9.98 Å². The Bertz CT molecular complexity index is 1650. The number of H-pyrrole nitrogens is 1. The molecule has 0 radical (unpaired) electrons. The Morgan fingerprint density at radius 1 is 1.31 bits per heavy atom. The molecule has 3 heterocycles. The standard InChI is InChI=1S/C30H34ClFN8O2/c1-2-20(9-10-36-29(34)35)37-15-17-3-5-21(6-4-17)40-16-19-13-25(38-28(19)39-30(40)41)23-11-18(12-24(31)27(23)32)26-8-7-22(14-33)42-26/h2-6,11-13,16,20,22,26,37H,1,7-10,14-15,33H2,(H4,34,35,36)(H,38,39,41)/t20-,22-,26+/m0/s1. The van der Waals surface area contributed by atoms with E-state index in [2.05, 4.69) is 27.2 Å². The van der Waals surface area contributed by atoms with E-state index < -0.39 is 11.5 Å². The zero-order valence-corrected chi connectivity index (χ0v) is 23.8. The number of fused-ring (bicyclic) bond motifs is 1. The van der Waals surface area contributed by atoms with E-state index >= 15 is 4.39 Å². The van der Waals surface area contributed by atoms with Gasteiger partial charge in [-0.2, -0.15) is 4.98 Å². The normalized spacial score (nSPS) is 17.4. The van der Waals surface area contributed by atoms with Crippen LogP contribution in [0.2, 0.25) is 5.02 Å². The summed E-state index contributed by atoms with van der Waals surface area (Å²) in [6, 6.07) is 12.7. The molecule has 5 rings (SSSR count). The first-order valence-electron chi connectivity index (χ1n) is 13.8. The van der Waals surface area contributed by atoms with Crippen molar-refractivity contribution in [2.24, 2.45) is 11.5 Å². The second kappa shape index (κ2) is 12.9. The van der Waals surface area contributed by atoms with Gasteiger partial charge < -0.3 is 31.8 Å². The van der Waals surface area contributed by atoms with Gasteiger partial charge in [0.25, 0.3) is 0 Å². The van der Waals surface area contributed by atoms with E-state index in [-0.39, 0.29) is 34.8 Å². The van der Waals surface area contributed by atoms with Gasteiger partial charge in [-0.25, -0.2) is 9.18 Å². The molecule has 1 aliphatic heterocycles. The molecule has 0 bridgehead atoms. The molecule has 0 saturated carbocycles. The van der Waals surface area contributed by atoms with Crippen molar-refractivity contribution in [2.75, 3.05) is 13.1 Å². The van der Waals surface area contributed by atoms with Crippen molar-refractivity contribution in [1.29, 1.82) is 5.41 Å². The van der Waals surface area contributed by atoms with E-state index in [9.17, 15) is 4.79 Å². The van der Waals surface area contributed by atoms with Crippen LogP contribution in [-0.4, -0.2) is 45.7 Å². The highest BCUT2D eigenvalue weighted by Gasteiger charge is 2.27. The molecule has 0 amide bonds. The fourth-order valence-electron chi connectivity index (χ4n) is 5.13. The van der Waals surface area contributed by atoms with Crippen LogP contribution < -0.4 is 27.8 Å². The molecule has 2 aromatic carbocycles. The van der Waals surface area contributed by atoms with Crippen LogP contribution in [0.25, 0.3) is 28.0 Å². The summed E-state index contributed by atoms with van der Waals surface area (Å²) in [6.45, 7) is 5.44. The Hall–Kier alpha value is -4.03. The highest BCUT2D eigenvalue weighted by atomic mass is 35.5. The number of nitrogens with two attached hydrogens (primary N) is 2. The van der Waals surface area contributed by atoms with Gasteiger partial charge in [0, 0.05) is 42.8 Å². The molecule has 220 valence electrons. The average Bonchev–Trinajstić information content (AvgIpc) is 3.63. The van der Waals surface area contributed by atoms with E-state index in [1.165, 1.54) is 4.57 Å². The van der Waals surface area contributed by atoms with Crippen molar-refractivity contribution in [3.63, 3.8) is 0 Å². The predicted molar refractivity (Wildman–Crippen MR) is 163 cm³/mol. The van der Waals surface area contributed by atoms with Crippen LogP contribution in [-0.2, 0) is 11.3 Å². The third-order valence-electron chi connectivity index (χ3n) is 7.43. The largest absolute Gasteiger partial charge is 0.370 e. The highest BCUT2D eigenvalue weighted by Crippen LogP contribution is 2.38. The Kier molecular flexibility index (Phi) is 9.03. The first-order chi connectivity index (χ1) is 20.2. The molecule has 42 heavy (non-hydrogen) atoms. The lowest BCUT2D eigenvalue weighted by Gasteiger charge is -2.15. The molecule has 8 N–H and O–H groups in total. The quantitative estimate of drug-likeness (QED) is 0.0875. The van der Waals surface area contributed by atoms with Crippen molar-refractivity contribution >= 4 is 28.6 Å². The number of ether oxygens (including phenoxy) is 1. The van der Waals surface area contributed by atoms with Crippen LogP contribution in [0.5, 0.6) is 0 Å². The van der Waals surface area contributed by atoms with E-state index in [1.807, 2.05) is 30.3 Å². The number of benzene rings is 2. The van der Waals surface area contributed by atoms with Crippen LogP contribution in [0.15, 0.2) is 66.1 Å². The number of nitrogens with zero attached hydrogens (tertiary/aromatic N) is 2. The summed E-state index contributed by atoms with van der Waals surface area (Å²) in [4.78, 5) is 20.2. The number of aromatic nitrogens is 3. The maximum atomic E-state index is 15.2. The Morgan fingerprint density at radius 2 is 2.10 bits per heavy atom. The van der Waals surface area contributed by atoms with Crippen LogP contribution in [0, 0.1) is 11.2 Å². The summed E-state index contributed by atoms with van der Waals surface area (Å²) in [5.74, 6) is -0.623. The van der Waals surface area contributed by atoms with Crippen molar-refractivity contribution in [3.05, 3.63) is 93.8 Å². The van der Waals surface area contributed by atoms with Crippen LogP contribution in [0.4, 0.5) is 4.39 Å². The van der Waals surface area contributed by atoms with E-state index in [4.69, 9.17) is 33.2 Å².